The minimum absolute atomic E-state index is 0.837. The van der Waals surface area contributed by atoms with Gasteiger partial charge in [-0.15, -0.1) is 0 Å². The molecule has 0 bridgehead atoms. The zero-order chi connectivity index (χ0) is 38.2. The van der Waals surface area contributed by atoms with E-state index >= 15 is 0 Å². The number of benzene rings is 8. The van der Waals surface area contributed by atoms with Crippen LogP contribution in [-0.2, 0) is 0 Å². The molecule has 0 saturated heterocycles. The van der Waals surface area contributed by atoms with Crippen LogP contribution in [0.5, 0.6) is 0 Å². The van der Waals surface area contributed by atoms with Crippen molar-refractivity contribution < 1.29 is 4.42 Å². The molecule has 270 valence electrons. The third kappa shape index (κ3) is 5.09. The molecule has 0 N–H and O–H groups in total. The fraction of sp³-hybridized carbons (Fsp3) is 0. The summed E-state index contributed by atoms with van der Waals surface area (Å²) in [7, 11) is 0. The van der Waals surface area contributed by atoms with Crippen LogP contribution < -0.4 is 0 Å². The van der Waals surface area contributed by atoms with Crippen molar-refractivity contribution in [3.05, 3.63) is 200 Å². The molecule has 8 aromatic carbocycles. The van der Waals surface area contributed by atoms with Crippen molar-refractivity contribution in [1.29, 1.82) is 0 Å². The predicted octanol–water partition coefficient (Wildman–Crippen LogP) is 14.4. The van der Waals surface area contributed by atoms with Gasteiger partial charge in [0.05, 0.1) is 27.8 Å². The normalized spacial score (nSPS) is 11.8. The van der Waals surface area contributed by atoms with Crippen LogP contribution in [0, 0.1) is 0 Å². The third-order valence-electron chi connectivity index (χ3n) is 11.6. The summed E-state index contributed by atoms with van der Waals surface area (Å²) in [6.07, 6.45) is 1.92. The second-order valence-electron chi connectivity index (χ2n) is 15.0. The summed E-state index contributed by atoms with van der Waals surface area (Å²) in [5.41, 5.74) is 15.6. The predicted molar refractivity (Wildman–Crippen MR) is 240 cm³/mol. The van der Waals surface area contributed by atoms with Crippen LogP contribution in [0.25, 0.3) is 116 Å². The first-order valence-electron chi connectivity index (χ1n) is 19.6. The number of para-hydroxylation sites is 1. The molecule has 0 spiro atoms. The minimum Gasteiger partial charge on any atom is -0.456 e. The molecule has 0 saturated carbocycles. The Hall–Kier alpha value is -7.82. The molecule has 4 heteroatoms. The molecule has 0 aliphatic heterocycles. The average molecular weight is 740 g/mol. The quantitative estimate of drug-likeness (QED) is 0.165. The molecule has 12 aromatic rings. The van der Waals surface area contributed by atoms with Crippen molar-refractivity contribution in [2.24, 2.45) is 0 Å². The van der Waals surface area contributed by atoms with E-state index in [9.17, 15) is 0 Å². The van der Waals surface area contributed by atoms with E-state index in [1.165, 1.54) is 21.9 Å². The SMILES string of the molecule is c1ccc(-c2cc(-c3ccnc4c3ccc3ccc(-c5ccccc5)nc34)c3c(c2)oc2cc(-n4c5ccccc5c5cc(-c6ccccc6)ccc54)ccc23)cc1. The average Bonchev–Trinajstić information content (AvgIpc) is 3.84. The van der Waals surface area contributed by atoms with Gasteiger partial charge in [-0.25, -0.2) is 4.98 Å². The maximum atomic E-state index is 6.92. The lowest BCUT2D eigenvalue weighted by molar-refractivity contribution is 0.669. The van der Waals surface area contributed by atoms with E-state index in [4.69, 9.17) is 14.4 Å². The van der Waals surface area contributed by atoms with Gasteiger partial charge in [0.2, 0.25) is 0 Å². The number of furan rings is 1. The summed E-state index contributed by atoms with van der Waals surface area (Å²) in [5.74, 6) is 0. The molecule has 12 rings (SSSR count). The topological polar surface area (TPSA) is 43.9 Å². The zero-order valence-electron chi connectivity index (χ0n) is 31.3. The lowest BCUT2D eigenvalue weighted by Crippen LogP contribution is -1.93. The summed E-state index contributed by atoms with van der Waals surface area (Å²) >= 11 is 0. The molecule has 0 atom stereocenters. The van der Waals surface area contributed by atoms with Crippen LogP contribution >= 0.6 is 0 Å². The Morgan fingerprint density at radius 1 is 0.397 bits per heavy atom. The standard InChI is InChI=1S/C54H33N3O/c1-4-12-34(13-5-1)38-22-27-49-45(30-38)42-18-10-11-19-48(42)57(49)40-23-25-44-50(33-40)58-51-32-39(35-14-6-2-7-15-35)31-46(52(44)51)41-28-29-55-54-43(41)24-20-37-21-26-47(56-53(37)54)36-16-8-3-9-17-36/h1-33H. The van der Waals surface area contributed by atoms with E-state index in [1.54, 1.807) is 0 Å². The van der Waals surface area contributed by atoms with Crippen LogP contribution in [0.1, 0.15) is 0 Å². The van der Waals surface area contributed by atoms with Crippen molar-refractivity contribution >= 4 is 65.6 Å². The Morgan fingerprint density at radius 3 is 1.90 bits per heavy atom. The third-order valence-corrected chi connectivity index (χ3v) is 11.6. The fourth-order valence-electron chi connectivity index (χ4n) is 8.91. The fourth-order valence-corrected chi connectivity index (χ4v) is 8.91. The first-order chi connectivity index (χ1) is 28.7. The smallest absolute Gasteiger partial charge is 0.137 e. The van der Waals surface area contributed by atoms with E-state index in [0.29, 0.717) is 0 Å². The number of hydrogen-bond donors (Lipinski definition) is 0. The van der Waals surface area contributed by atoms with Gasteiger partial charge in [0.1, 0.15) is 11.2 Å². The number of aromatic nitrogens is 3. The highest BCUT2D eigenvalue weighted by Crippen LogP contribution is 2.44. The summed E-state index contributed by atoms with van der Waals surface area (Å²) < 4.78 is 9.28. The van der Waals surface area contributed by atoms with Crippen molar-refractivity contribution in [2.45, 2.75) is 0 Å². The summed E-state index contributed by atoms with van der Waals surface area (Å²) in [6.45, 7) is 0. The Labute approximate surface area is 333 Å². The molecular weight excluding hydrogens is 707 g/mol. The monoisotopic (exact) mass is 739 g/mol. The number of hydrogen-bond acceptors (Lipinski definition) is 3. The van der Waals surface area contributed by atoms with Gasteiger partial charge >= 0.3 is 0 Å². The van der Waals surface area contributed by atoms with Crippen LogP contribution in [0.15, 0.2) is 205 Å². The van der Waals surface area contributed by atoms with Gasteiger partial charge in [-0.1, -0.05) is 133 Å². The lowest BCUT2D eigenvalue weighted by Gasteiger charge is -2.13. The van der Waals surface area contributed by atoms with E-state index in [2.05, 4.69) is 180 Å². The summed E-state index contributed by atoms with van der Waals surface area (Å²) in [6, 6.07) is 68.8. The molecule has 0 fully saturated rings. The Morgan fingerprint density at radius 2 is 1.09 bits per heavy atom. The molecule has 58 heavy (non-hydrogen) atoms. The van der Waals surface area contributed by atoms with Crippen molar-refractivity contribution in [3.8, 4) is 50.3 Å². The maximum absolute atomic E-state index is 6.92. The Kier molecular flexibility index (Phi) is 7.20. The number of pyridine rings is 2. The zero-order valence-corrected chi connectivity index (χ0v) is 31.3. The molecule has 4 heterocycles. The highest BCUT2D eigenvalue weighted by atomic mass is 16.3. The van der Waals surface area contributed by atoms with Gasteiger partial charge in [0.15, 0.2) is 0 Å². The first-order valence-corrected chi connectivity index (χ1v) is 19.6. The van der Waals surface area contributed by atoms with Crippen molar-refractivity contribution in [3.63, 3.8) is 0 Å². The van der Waals surface area contributed by atoms with Crippen molar-refractivity contribution in [2.75, 3.05) is 0 Å². The van der Waals surface area contributed by atoms with Gasteiger partial charge in [0, 0.05) is 55.8 Å². The summed E-state index contributed by atoms with van der Waals surface area (Å²) in [4.78, 5) is 10.2. The molecule has 0 amide bonds. The second kappa shape index (κ2) is 12.9. The number of nitrogens with zero attached hydrogens (tertiary/aromatic N) is 3. The van der Waals surface area contributed by atoms with Crippen LogP contribution in [0.3, 0.4) is 0 Å². The molecule has 0 unspecified atom stereocenters. The second-order valence-corrected chi connectivity index (χ2v) is 15.0. The van der Waals surface area contributed by atoms with Gasteiger partial charge < -0.3 is 8.98 Å². The van der Waals surface area contributed by atoms with E-state index < -0.39 is 0 Å². The largest absolute Gasteiger partial charge is 0.456 e. The molecule has 0 radical (unpaired) electrons. The Balaban J connectivity index is 1.08. The van der Waals surface area contributed by atoms with Gasteiger partial charge in [-0.05, 0) is 88.0 Å². The first kappa shape index (κ1) is 32.4. The summed E-state index contributed by atoms with van der Waals surface area (Å²) in [5, 5.41) is 6.69. The minimum atomic E-state index is 0.837. The van der Waals surface area contributed by atoms with Crippen LogP contribution in [0.4, 0.5) is 0 Å². The highest BCUT2D eigenvalue weighted by molar-refractivity contribution is 6.18. The van der Waals surface area contributed by atoms with Gasteiger partial charge in [0.25, 0.3) is 0 Å². The van der Waals surface area contributed by atoms with E-state index in [1.807, 2.05) is 24.4 Å². The highest BCUT2D eigenvalue weighted by Gasteiger charge is 2.20. The van der Waals surface area contributed by atoms with Crippen molar-refractivity contribution in [1.82, 2.24) is 14.5 Å². The Bertz CT molecular complexity index is 3550. The van der Waals surface area contributed by atoms with E-state index in [0.717, 1.165) is 94.0 Å². The van der Waals surface area contributed by atoms with Crippen LogP contribution in [0.2, 0.25) is 0 Å². The molecule has 0 aliphatic carbocycles. The molecular formula is C54H33N3O. The lowest BCUT2D eigenvalue weighted by atomic mass is 9.92. The number of fused-ring (bicyclic) bond motifs is 9. The van der Waals surface area contributed by atoms with Gasteiger partial charge in [-0.3, -0.25) is 4.98 Å². The molecule has 4 aromatic heterocycles. The van der Waals surface area contributed by atoms with Crippen LogP contribution in [-0.4, -0.2) is 14.5 Å². The molecule has 0 aliphatic rings. The maximum Gasteiger partial charge on any atom is 0.137 e. The van der Waals surface area contributed by atoms with Gasteiger partial charge in [-0.2, -0.15) is 0 Å². The van der Waals surface area contributed by atoms with E-state index in [-0.39, 0.29) is 0 Å². The molecule has 4 nitrogen and oxygen atoms in total. The number of rotatable bonds is 5.